The Balaban J connectivity index is 2.36. The summed E-state index contributed by atoms with van der Waals surface area (Å²) in [4.78, 5) is 11.0. The van der Waals surface area contributed by atoms with Crippen molar-refractivity contribution in [2.24, 2.45) is 0 Å². The summed E-state index contributed by atoms with van der Waals surface area (Å²) in [5.41, 5.74) is 6.72. The molecule has 1 aliphatic heterocycles. The van der Waals surface area contributed by atoms with Crippen LogP contribution in [-0.2, 0) is 6.42 Å². The lowest BCUT2D eigenvalue weighted by atomic mass is 10.2. The molecule has 1 aromatic heterocycles. The average Bonchev–Trinajstić information content (AvgIpc) is 2.23. The number of hydrogen-bond acceptors (Lipinski definition) is 3. The van der Waals surface area contributed by atoms with E-state index in [4.69, 9.17) is 5.73 Å². The van der Waals surface area contributed by atoms with Crippen molar-refractivity contribution in [3.8, 4) is 0 Å². The van der Waals surface area contributed by atoms with E-state index in [-0.39, 0.29) is 6.03 Å². The molecule has 0 aromatic carbocycles. The third kappa shape index (κ3) is 1.23. The van der Waals surface area contributed by atoms with Gasteiger partial charge in [0.25, 0.3) is 0 Å². The Morgan fingerprint density at radius 1 is 1.58 bits per heavy atom. The molecule has 0 unspecified atom stereocenters. The van der Waals surface area contributed by atoms with Gasteiger partial charge in [-0.25, -0.2) is 4.79 Å². The molecule has 0 fully saturated rings. The fraction of sp³-hybridized carbons (Fsp3) is 0.286. The lowest BCUT2D eigenvalue weighted by molar-refractivity contribution is 0.252. The first-order chi connectivity index (χ1) is 5.75. The summed E-state index contributed by atoms with van der Waals surface area (Å²) in [7, 11) is 0. The molecule has 12 heavy (non-hydrogen) atoms. The van der Waals surface area contributed by atoms with Crippen LogP contribution in [0.1, 0.15) is 5.56 Å². The smallest absolute Gasteiger partial charge is 0.319 e. The van der Waals surface area contributed by atoms with Crippen LogP contribution in [0.5, 0.6) is 0 Å². The number of hydrogen-bond donors (Lipinski definition) is 3. The number of rotatable bonds is 0. The molecule has 2 heterocycles. The Labute approximate surface area is 73.8 Å². The minimum atomic E-state index is -0.143. The van der Waals surface area contributed by atoms with E-state index in [1.165, 1.54) is 11.3 Å². The van der Waals surface area contributed by atoms with Crippen molar-refractivity contribution in [1.29, 1.82) is 0 Å². The summed E-state index contributed by atoms with van der Waals surface area (Å²) < 4.78 is 0. The van der Waals surface area contributed by atoms with Crippen molar-refractivity contribution in [3.05, 3.63) is 11.6 Å². The fourth-order valence-electron chi connectivity index (χ4n) is 1.20. The van der Waals surface area contributed by atoms with Crippen molar-refractivity contribution in [2.75, 3.05) is 17.6 Å². The summed E-state index contributed by atoms with van der Waals surface area (Å²) in [6.07, 6.45) is 0.849. The molecule has 64 valence electrons. The molecule has 0 saturated carbocycles. The zero-order valence-electron chi connectivity index (χ0n) is 6.39. The van der Waals surface area contributed by atoms with E-state index in [1.54, 1.807) is 0 Å². The number of anilines is 2. The van der Waals surface area contributed by atoms with Crippen LogP contribution in [0.2, 0.25) is 0 Å². The van der Waals surface area contributed by atoms with E-state index in [2.05, 4.69) is 10.6 Å². The second-order valence-corrected chi connectivity index (χ2v) is 3.72. The number of nitrogens with two attached hydrogens (primary N) is 1. The van der Waals surface area contributed by atoms with Crippen LogP contribution in [0.4, 0.5) is 14.8 Å². The number of nitrogen functional groups attached to an aromatic ring is 1. The van der Waals surface area contributed by atoms with Crippen molar-refractivity contribution in [2.45, 2.75) is 6.42 Å². The minimum absolute atomic E-state index is 0.143. The highest BCUT2D eigenvalue weighted by molar-refractivity contribution is 7.20. The van der Waals surface area contributed by atoms with Gasteiger partial charge in [0.05, 0.1) is 5.00 Å². The molecular weight excluding hydrogens is 174 g/mol. The maximum absolute atomic E-state index is 11.0. The SMILES string of the molecule is Nc1cc2c(s1)NC(=O)NCC2. The summed E-state index contributed by atoms with van der Waals surface area (Å²) in [5.74, 6) is 0. The standard InChI is InChI=1S/C7H9N3OS/c8-5-3-4-1-2-9-7(11)10-6(4)12-5/h3H,1-2,8H2,(H2,9,10,11). The molecule has 5 heteroatoms. The summed E-state index contributed by atoms with van der Waals surface area (Å²) in [6, 6.07) is 1.77. The summed E-state index contributed by atoms with van der Waals surface area (Å²) >= 11 is 1.41. The normalized spacial score (nSPS) is 15.8. The molecule has 0 atom stereocenters. The van der Waals surface area contributed by atoms with Gasteiger partial charge in [0, 0.05) is 6.54 Å². The Kier molecular flexibility index (Phi) is 1.65. The van der Waals surface area contributed by atoms with Crippen molar-refractivity contribution < 1.29 is 4.79 Å². The molecule has 0 saturated heterocycles. The molecule has 0 radical (unpaired) electrons. The molecule has 4 N–H and O–H groups in total. The van der Waals surface area contributed by atoms with Crippen molar-refractivity contribution in [3.63, 3.8) is 0 Å². The highest BCUT2D eigenvalue weighted by Gasteiger charge is 2.13. The van der Waals surface area contributed by atoms with Gasteiger partial charge in [-0.1, -0.05) is 0 Å². The van der Waals surface area contributed by atoms with Gasteiger partial charge in [0.1, 0.15) is 5.00 Å². The maximum atomic E-state index is 11.0. The van der Waals surface area contributed by atoms with Gasteiger partial charge < -0.3 is 11.1 Å². The zero-order valence-corrected chi connectivity index (χ0v) is 7.20. The third-order valence-corrected chi connectivity index (χ3v) is 2.66. The van der Waals surface area contributed by atoms with E-state index in [9.17, 15) is 4.79 Å². The lowest BCUT2D eigenvalue weighted by Gasteiger charge is -1.98. The number of amides is 2. The second-order valence-electron chi connectivity index (χ2n) is 2.63. The number of carbonyl (C=O) groups excluding carboxylic acids is 1. The van der Waals surface area contributed by atoms with Crippen molar-refractivity contribution in [1.82, 2.24) is 5.32 Å². The first-order valence-electron chi connectivity index (χ1n) is 3.69. The van der Waals surface area contributed by atoms with Gasteiger partial charge in [-0.3, -0.25) is 5.32 Å². The topological polar surface area (TPSA) is 67.1 Å². The average molecular weight is 183 g/mol. The molecule has 1 aromatic rings. The van der Waals surface area contributed by atoms with Crippen LogP contribution in [0.15, 0.2) is 6.07 Å². The Morgan fingerprint density at radius 3 is 3.25 bits per heavy atom. The molecule has 0 aliphatic carbocycles. The molecule has 2 amide bonds. The molecule has 4 nitrogen and oxygen atoms in total. The van der Waals surface area contributed by atoms with Crippen molar-refractivity contribution >= 4 is 27.4 Å². The molecule has 0 bridgehead atoms. The number of urea groups is 1. The highest BCUT2D eigenvalue weighted by atomic mass is 32.1. The van der Waals surface area contributed by atoms with Crippen LogP contribution >= 0.6 is 11.3 Å². The van der Waals surface area contributed by atoms with Crippen LogP contribution in [0, 0.1) is 0 Å². The number of nitrogens with one attached hydrogen (secondary N) is 2. The van der Waals surface area contributed by atoms with E-state index >= 15 is 0 Å². The zero-order chi connectivity index (χ0) is 8.55. The fourth-order valence-corrected chi connectivity index (χ4v) is 2.07. The van der Waals surface area contributed by atoms with Crippen LogP contribution in [0.3, 0.4) is 0 Å². The molecule has 0 spiro atoms. The first kappa shape index (κ1) is 7.42. The number of carbonyl (C=O) groups is 1. The molecule has 1 aliphatic rings. The highest BCUT2D eigenvalue weighted by Crippen LogP contribution is 2.30. The lowest BCUT2D eigenvalue weighted by Crippen LogP contribution is -2.27. The van der Waals surface area contributed by atoms with E-state index in [1.807, 2.05) is 6.07 Å². The largest absolute Gasteiger partial charge is 0.391 e. The minimum Gasteiger partial charge on any atom is -0.391 e. The van der Waals surface area contributed by atoms with Gasteiger partial charge in [0.2, 0.25) is 0 Å². The number of thiophene rings is 1. The van der Waals surface area contributed by atoms with Gasteiger partial charge in [-0.2, -0.15) is 0 Å². The Morgan fingerprint density at radius 2 is 2.42 bits per heavy atom. The van der Waals surface area contributed by atoms with Gasteiger partial charge in [-0.15, -0.1) is 11.3 Å². The summed E-state index contributed by atoms with van der Waals surface area (Å²) in [6.45, 7) is 0.676. The van der Waals surface area contributed by atoms with Crippen LogP contribution in [-0.4, -0.2) is 12.6 Å². The predicted molar refractivity (Wildman–Crippen MR) is 49.5 cm³/mol. The van der Waals surface area contributed by atoms with Gasteiger partial charge in [-0.05, 0) is 18.1 Å². The van der Waals surface area contributed by atoms with Crippen LogP contribution in [0.25, 0.3) is 0 Å². The van der Waals surface area contributed by atoms with Gasteiger partial charge >= 0.3 is 6.03 Å². The first-order valence-corrected chi connectivity index (χ1v) is 4.50. The third-order valence-electron chi connectivity index (χ3n) is 1.74. The second kappa shape index (κ2) is 2.67. The molecule has 2 rings (SSSR count). The van der Waals surface area contributed by atoms with Crippen LogP contribution < -0.4 is 16.4 Å². The van der Waals surface area contributed by atoms with E-state index in [0.29, 0.717) is 6.54 Å². The maximum Gasteiger partial charge on any atom is 0.319 e. The molecular formula is C7H9N3OS. The summed E-state index contributed by atoms with van der Waals surface area (Å²) in [5, 5.41) is 7.07. The monoisotopic (exact) mass is 183 g/mol. The van der Waals surface area contributed by atoms with Gasteiger partial charge in [0.15, 0.2) is 0 Å². The Hall–Kier alpha value is -1.23. The van der Waals surface area contributed by atoms with E-state index < -0.39 is 0 Å². The predicted octanol–water partition coefficient (Wildman–Crippen LogP) is 1.01. The quantitative estimate of drug-likeness (QED) is 0.562. The number of fused-ring (bicyclic) bond motifs is 1. The Bertz CT molecular complexity index is 320. The van der Waals surface area contributed by atoms with E-state index in [0.717, 1.165) is 22.0 Å².